The minimum atomic E-state index is -3.56. The number of amides is 1. The van der Waals surface area contributed by atoms with Crippen molar-refractivity contribution in [2.24, 2.45) is 0 Å². The molecule has 6 nitrogen and oxygen atoms in total. The first-order valence-corrected chi connectivity index (χ1v) is 11.0. The maximum Gasteiger partial charge on any atom is 0.251 e. The molecule has 1 saturated carbocycles. The predicted octanol–water partition coefficient (Wildman–Crippen LogP) is 2.90. The molecule has 1 aromatic heterocycles. The summed E-state index contributed by atoms with van der Waals surface area (Å²) in [6.45, 7) is 1.32. The highest BCUT2D eigenvalue weighted by atomic mass is 32.2. The van der Waals surface area contributed by atoms with Gasteiger partial charge in [0.05, 0.1) is 4.90 Å². The van der Waals surface area contributed by atoms with Crippen LogP contribution in [-0.2, 0) is 16.6 Å². The summed E-state index contributed by atoms with van der Waals surface area (Å²) in [5.41, 5.74) is 1.53. The molecule has 1 aliphatic carbocycles. The fraction of sp³-hybridized carbons (Fsp3) is 0.286. The number of hydrogen-bond donors (Lipinski definition) is 2. The number of benzene rings is 2. The maximum absolute atomic E-state index is 12.4. The average Bonchev–Trinajstić information content (AvgIpc) is 3.41. The van der Waals surface area contributed by atoms with Crippen LogP contribution < -0.4 is 10.0 Å². The Labute approximate surface area is 164 Å². The first kappa shape index (κ1) is 18.7. The number of hydrogen-bond acceptors (Lipinski definition) is 3. The SMILES string of the molecule is O=C(NCCCn1ccc2ccccc21)c1cccc(S(=O)(=O)NC2CC2)c1. The van der Waals surface area contributed by atoms with E-state index >= 15 is 0 Å². The summed E-state index contributed by atoms with van der Waals surface area (Å²) in [6, 6.07) is 16.5. The topological polar surface area (TPSA) is 80.2 Å². The lowest BCUT2D eigenvalue weighted by Crippen LogP contribution is -2.27. The summed E-state index contributed by atoms with van der Waals surface area (Å²) in [7, 11) is -3.56. The van der Waals surface area contributed by atoms with E-state index in [1.165, 1.54) is 23.0 Å². The van der Waals surface area contributed by atoms with E-state index < -0.39 is 10.0 Å². The van der Waals surface area contributed by atoms with Gasteiger partial charge in [-0.05, 0) is 55.0 Å². The van der Waals surface area contributed by atoms with Crippen molar-refractivity contribution >= 4 is 26.8 Å². The van der Waals surface area contributed by atoms with Crippen molar-refractivity contribution in [1.82, 2.24) is 14.6 Å². The second-order valence-electron chi connectivity index (χ2n) is 7.10. The Morgan fingerprint density at radius 1 is 1.07 bits per heavy atom. The van der Waals surface area contributed by atoms with E-state index in [2.05, 4.69) is 32.8 Å². The minimum absolute atomic E-state index is 0.0345. The number of fused-ring (bicyclic) bond motifs is 1. The Morgan fingerprint density at radius 3 is 2.71 bits per heavy atom. The highest BCUT2D eigenvalue weighted by molar-refractivity contribution is 7.89. The van der Waals surface area contributed by atoms with Gasteiger partial charge in [0, 0.05) is 36.4 Å². The fourth-order valence-electron chi connectivity index (χ4n) is 3.18. The molecular weight excluding hydrogens is 374 g/mol. The quantitative estimate of drug-likeness (QED) is 0.574. The van der Waals surface area contributed by atoms with Gasteiger partial charge >= 0.3 is 0 Å². The third-order valence-corrected chi connectivity index (χ3v) is 6.37. The molecule has 1 amide bonds. The summed E-state index contributed by atoms with van der Waals surface area (Å²) in [6.07, 6.45) is 4.57. The number of carbonyl (C=O) groups excluding carboxylic acids is 1. The van der Waals surface area contributed by atoms with E-state index in [0.717, 1.165) is 25.8 Å². The van der Waals surface area contributed by atoms with E-state index in [1.807, 2.05) is 18.3 Å². The minimum Gasteiger partial charge on any atom is -0.352 e. The zero-order valence-corrected chi connectivity index (χ0v) is 16.3. The average molecular weight is 398 g/mol. The number of nitrogens with zero attached hydrogens (tertiary/aromatic N) is 1. The van der Waals surface area contributed by atoms with Gasteiger partial charge in [0.25, 0.3) is 5.91 Å². The molecule has 0 bridgehead atoms. The number of nitrogens with one attached hydrogen (secondary N) is 2. The van der Waals surface area contributed by atoms with Gasteiger partial charge in [-0.2, -0.15) is 0 Å². The first-order chi connectivity index (χ1) is 13.5. The highest BCUT2D eigenvalue weighted by Gasteiger charge is 2.28. The molecule has 4 rings (SSSR count). The molecule has 7 heteroatoms. The summed E-state index contributed by atoms with van der Waals surface area (Å²) in [4.78, 5) is 12.5. The highest BCUT2D eigenvalue weighted by Crippen LogP contribution is 2.22. The maximum atomic E-state index is 12.4. The summed E-state index contributed by atoms with van der Waals surface area (Å²) < 4.78 is 29.4. The van der Waals surface area contributed by atoms with Crippen molar-refractivity contribution < 1.29 is 13.2 Å². The lowest BCUT2D eigenvalue weighted by Gasteiger charge is -2.09. The van der Waals surface area contributed by atoms with Crippen molar-refractivity contribution in [3.63, 3.8) is 0 Å². The zero-order chi connectivity index (χ0) is 19.6. The summed E-state index contributed by atoms with van der Waals surface area (Å²) >= 11 is 0. The van der Waals surface area contributed by atoms with Gasteiger partial charge in [-0.25, -0.2) is 13.1 Å². The Hall–Kier alpha value is -2.64. The molecule has 3 aromatic rings. The van der Waals surface area contributed by atoms with Crippen LogP contribution in [0.3, 0.4) is 0 Å². The molecule has 1 aliphatic rings. The van der Waals surface area contributed by atoms with E-state index in [-0.39, 0.29) is 16.8 Å². The molecular formula is C21H23N3O3S. The van der Waals surface area contributed by atoms with Crippen LogP contribution in [0.2, 0.25) is 0 Å². The van der Waals surface area contributed by atoms with Gasteiger partial charge in [-0.15, -0.1) is 0 Å². The lowest BCUT2D eigenvalue weighted by molar-refractivity contribution is 0.0952. The van der Waals surface area contributed by atoms with Gasteiger partial charge in [-0.3, -0.25) is 4.79 Å². The third-order valence-electron chi connectivity index (χ3n) is 4.85. The van der Waals surface area contributed by atoms with E-state index in [0.29, 0.717) is 12.1 Å². The summed E-state index contributed by atoms with van der Waals surface area (Å²) in [5.74, 6) is -0.263. The number of aryl methyl sites for hydroxylation is 1. The van der Waals surface area contributed by atoms with Crippen molar-refractivity contribution in [3.05, 3.63) is 66.4 Å². The molecule has 2 N–H and O–H groups in total. The Bertz CT molecular complexity index is 1100. The van der Waals surface area contributed by atoms with Crippen LogP contribution >= 0.6 is 0 Å². The Kier molecular flexibility index (Phi) is 5.19. The van der Waals surface area contributed by atoms with Crippen LogP contribution in [0.25, 0.3) is 10.9 Å². The standard InChI is InChI=1S/C21H23N3O3S/c25-21(17-6-3-7-19(15-17)28(26,27)23-18-9-10-18)22-12-4-13-24-14-11-16-5-1-2-8-20(16)24/h1-3,5-8,11,14-15,18,23H,4,9-10,12-13H2,(H,22,25). The van der Waals surface area contributed by atoms with Gasteiger partial charge < -0.3 is 9.88 Å². The molecule has 2 aromatic carbocycles. The normalized spacial score (nSPS) is 14.3. The smallest absolute Gasteiger partial charge is 0.251 e. The molecule has 0 unspecified atom stereocenters. The Morgan fingerprint density at radius 2 is 1.89 bits per heavy atom. The van der Waals surface area contributed by atoms with Gasteiger partial charge in [0.2, 0.25) is 10.0 Å². The Balaban J connectivity index is 1.33. The van der Waals surface area contributed by atoms with Gasteiger partial charge in [0.15, 0.2) is 0 Å². The van der Waals surface area contributed by atoms with Crippen LogP contribution in [0.1, 0.15) is 29.6 Å². The van der Waals surface area contributed by atoms with Gasteiger partial charge in [0.1, 0.15) is 0 Å². The van der Waals surface area contributed by atoms with Crippen molar-refractivity contribution in [3.8, 4) is 0 Å². The van der Waals surface area contributed by atoms with E-state index in [4.69, 9.17) is 0 Å². The fourth-order valence-corrected chi connectivity index (χ4v) is 4.53. The van der Waals surface area contributed by atoms with Crippen molar-refractivity contribution in [2.45, 2.75) is 36.7 Å². The molecule has 1 heterocycles. The lowest BCUT2D eigenvalue weighted by atomic mass is 10.2. The van der Waals surface area contributed by atoms with Crippen LogP contribution in [0, 0.1) is 0 Å². The monoisotopic (exact) mass is 397 g/mol. The van der Waals surface area contributed by atoms with Crippen LogP contribution in [0.4, 0.5) is 0 Å². The number of carbonyl (C=O) groups is 1. The summed E-state index contributed by atoms with van der Waals surface area (Å²) in [5, 5.41) is 4.07. The third kappa shape index (κ3) is 4.26. The number of para-hydroxylation sites is 1. The number of aromatic nitrogens is 1. The molecule has 1 fully saturated rings. The predicted molar refractivity (Wildman–Crippen MR) is 109 cm³/mol. The number of sulfonamides is 1. The van der Waals surface area contributed by atoms with Crippen molar-refractivity contribution in [1.29, 1.82) is 0 Å². The second-order valence-corrected chi connectivity index (χ2v) is 8.81. The molecule has 0 spiro atoms. The largest absolute Gasteiger partial charge is 0.352 e. The molecule has 0 aliphatic heterocycles. The van der Waals surface area contributed by atoms with E-state index in [9.17, 15) is 13.2 Å². The van der Waals surface area contributed by atoms with Crippen LogP contribution in [0.15, 0.2) is 65.7 Å². The molecule has 0 atom stereocenters. The number of rotatable bonds is 8. The molecule has 146 valence electrons. The molecule has 0 saturated heterocycles. The molecule has 28 heavy (non-hydrogen) atoms. The first-order valence-electron chi connectivity index (χ1n) is 9.47. The van der Waals surface area contributed by atoms with E-state index in [1.54, 1.807) is 12.1 Å². The van der Waals surface area contributed by atoms with Gasteiger partial charge in [-0.1, -0.05) is 24.3 Å². The molecule has 0 radical (unpaired) electrons. The van der Waals surface area contributed by atoms with Crippen LogP contribution in [-0.4, -0.2) is 31.5 Å². The second kappa shape index (κ2) is 7.77. The zero-order valence-electron chi connectivity index (χ0n) is 15.5. The van der Waals surface area contributed by atoms with Crippen LogP contribution in [0.5, 0.6) is 0 Å². The van der Waals surface area contributed by atoms with Crippen molar-refractivity contribution in [2.75, 3.05) is 6.54 Å².